The maximum absolute atomic E-state index is 14.4. The van der Waals surface area contributed by atoms with Gasteiger partial charge in [0.2, 0.25) is 11.9 Å². The summed E-state index contributed by atoms with van der Waals surface area (Å²) in [5.74, 6) is 0.710. The number of aromatic nitrogens is 4. The van der Waals surface area contributed by atoms with E-state index in [2.05, 4.69) is 25.1 Å². The van der Waals surface area contributed by atoms with E-state index in [1.165, 1.54) is 6.07 Å². The third-order valence-corrected chi connectivity index (χ3v) is 7.19. The second-order valence-electron chi connectivity index (χ2n) is 10.2. The molecule has 2 aliphatic rings. The van der Waals surface area contributed by atoms with E-state index in [4.69, 9.17) is 9.97 Å². The van der Waals surface area contributed by atoms with Gasteiger partial charge in [0.1, 0.15) is 17.1 Å². The van der Waals surface area contributed by atoms with Crippen molar-refractivity contribution < 1.29 is 14.6 Å². The summed E-state index contributed by atoms with van der Waals surface area (Å²) in [4.78, 5) is 16.1. The van der Waals surface area contributed by atoms with E-state index in [-0.39, 0.29) is 24.0 Å². The van der Waals surface area contributed by atoms with E-state index in [0.717, 1.165) is 51.6 Å². The molecule has 0 unspecified atom stereocenters. The van der Waals surface area contributed by atoms with Gasteiger partial charge < -0.3 is 20.8 Å². The molecule has 3 heterocycles. The van der Waals surface area contributed by atoms with Crippen LogP contribution in [0.25, 0.3) is 11.2 Å². The third-order valence-electron chi connectivity index (χ3n) is 7.19. The van der Waals surface area contributed by atoms with Gasteiger partial charge >= 0.3 is 0 Å². The lowest BCUT2D eigenvalue weighted by Crippen LogP contribution is -2.48. The van der Waals surface area contributed by atoms with Crippen molar-refractivity contribution in [3.05, 3.63) is 36.3 Å². The zero-order valence-electron chi connectivity index (χ0n) is 20.3. The van der Waals surface area contributed by atoms with Crippen molar-refractivity contribution in [2.45, 2.75) is 76.3 Å². The van der Waals surface area contributed by atoms with Crippen molar-refractivity contribution in [2.24, 2.45) is 0 Å². The van der Waals surface area contributed by atoms with Gasteiger partial charge in [-0.2, -0.15) is 4.98 Å². The maximum atomic E-state index is 14.4. The van der Waals surface area contributed by atoms with Crippen molar-refractivity contribution in [2.75, 3.05) is 23.7 Å². The van der Waals surface area contributed by atoms with Crippen molar-refractivity contribution >= 4 is 28.7 Å². The van der Waals surface area contributed by atoms with E-state index in [0.29, 0.717) is 28.7 Å². The standard InChI is InChI=1S/C25H34FN7O2/c1-25(2,35)32-13-11-17(12-14-32)33-22-21(30-24(33)29-20-6-4-3-5-19(20)26)15-27-23(31-22)28-16-7-9-18(34)10-8-16/h3-6,15-18,34-35H,7-14H2,1-2H3,(H,29,30)(H,27,28,31). The Kier molecular flexibility index (Phi) is 6.61. The number of imidazole rings is 1. The fraction of sp³-hybridized carbons (Fsp3) is 0.560. The minimum atomic E-state index is -0.872. The number of benzene rings is 1. The third kappa shape index (κ3) is 5.24. The van der Waals surface area contributed by atoms with Gasteiger partial charge in [0, 0.05) is 25.2 Å². The van der Waals surface area contributed by atoms with Crippen LogP contribution in [-0.2, 0) is 0 Å². The van der Waals surface area contributed by atoms with Gasteiger partial charge in [-0.05, 0) is 64.5 Å². The molecule has 1 aliphatic heterocycles. The minimum Gasteiger partial charge on any atom is -0.393 e. The topological polar surface area (TPSA) is 111 Å². The van der Waals surface area contributed by atoms with Crippen LogP contribution >= 0.6 is 0 Å². The molecule has 2 aromatic heterocycles. The number of hydrogen-bond donors (Lipinski definition) is 4. The summed E-state index contributed by atoms with van der Waals surface area (Å²) in [5, 5.41) is 26.8. The summed E-state index contributed by atoms with van der Waals surface area (Å²) in [6.07, 6.45) is 6.37. The lowest BCUT2D eigenvalue weighted by Gasteiger charge is -2.40. The van der Waals surface area contributed by atoms with Crippen LogP contribution in [0, 0.1) is 5.82 Å². The smallest absolute Gasteiger partial charge is 0.224 e. The van der Waals surface area contributed by atoms with Crippen LogP contribution in [0.4, 0.5) is 22.0 Å². The summed E-state index contributed by atoms with van der Waals surface area (Å²) in [5.41, 5.74) is 0.811. The number of anilines is 3. The molecular weight excluding hydrogens is 449 g/mol. The molecule has 0 spiro atoms. The number of aliphatic hydroxyl groups excluding tert-OH is 1. The van der Waals surface area contributed by atoms with E-state index in [1.807, 2.05) is 0 Å². The predicted molar refractivity (Wildman–Crippen MR) is 133 cm³/mol. The lowest BCUT2D eigenvalue weighted by atomic mass is 9.93. The van der Waals surface area contributed by atoms with Gasteiger partial charge in [-0.3, -0.25) is 9.47 Å². The molecule has 5 rings (SSSR count). The second-order valence-corrected chi connectivity index (χ2v) is 10.2. The first-order valence-electron chi connectivity index (χ1n) is 12.5. The Bertz CT molecular complexity index is 1160. The van der Waals surface area contributed by atoms with Gasteiger partial charge in [-0.15, -0.1) is 0 Å². The Morgan fingerprint density at radius 2 is 1.74 bits per heavy atom. The molecule has 2 fully saturated rings. The highest BCUT2D eigenvalue weighted by Gasteiger charge is 2.31. The summed E-state index contributed by atoms with van der Waals surface area (Å²) in [7, 11) is 0. The van der Waals surface area contributed by atoms with Crippen LogP contribution in [-0.4, -0.2) is 65.6 Å². The quantitative estimate of drug-likeness (QED) is 0.419. The fourth-order valence-electron chi connectivity index (χ4n) is 5.15. The molecule has 10 heteroatoms. The van der Waals surface area contributed by atoms with E-state index < -0.39 is 5.72 Å². The molecule has 1 saturated heterocycles. The largest absolute Gasteiger partial charge is 0.393 e. The van der Waals surface area contributed by atoms with Gasteiger partial charge in [0.25, 0.3) is 0 Å². The Labute approximate surface area is 204 Å². The van der Waals surface area contributed by atoms with Crippen LogP contribution in [0.1, 0.15) is 58.4 Å². The molecule has 1 aromatic carbocycles. The van der Waals surface area contributed by atoms with Crippen LogP contribution in [0.15, 0.2) is 30.5 Å². The molecule has 9 nitrogen and oxygen atoms in total. The highest BCUT2D eigenvalue weighted by Crippen LogP contribution is 2.34. The minimum absolute atomic E-state index is 0.0838. The number of fused-ring (bicyclic) bond motifs is 1. The van der Waals surface area contributed by atoms with Crippen LogP contribution in [0.3, 0.4) is 0 Å². The van der Waals surface area contributed by atoms with E-state index >= 15 is 0 Å². The zero-order chi connectivity index (χ0) is 24.6. The van der Waals surface area contributed by atoms with Crippen molar-refractivity contribution in [3.63, 3.8) is 0 Å². The number of halogens is 1. The maximum Gasteiger partial charge on any atom is 0.224 e. The summed E-state index contributed by atoms with van der Waals surface area (Å²) >= 11 is 0. The number of para-hydroxylation sites is 1. The number of aliphatic hydroxyl groups is 2. The predicted octanol–water partition coefficient (Wildman–Crippen LogP) is 3.79. The average Bonchev–Trinajstić information content (AvgIpc) is 3.19. The Morgan fingerprint density at radius 1 is 1.03 bits per heavy atom. The SMILES string of the molecule is CC(C)(O)N1CCC(n2c(Nc3ccccc3F)nc3cnc(NC4CCC(O)CC4)nc32)CC1. The van der Waals surface area contributed by atoms with Crippen LogP contribution < -0.4 is 10.6 Å². The number of rotatable bonds is 6. The highest BCUT2D eigenvalue weighted by molar-refractivity contribution is 5.76. The lowest BCUT2D eigenvalue weighted by molar-refractivity contribution is -0.0907. The molecule has 0 bridgehead atoms. The number of nitrogens with one attached hydrogen (secondary N) is 2. The van der Waals surface area contributed by atoms with Gasteiger partial charge in [-0.25, -0.2) is 14.4 Å². The van der Waals surface area contributed by atoms with E-state index in [9.17, 15) is 14.6 Å². The number of likely N-dealkylation sites (tertiary alicyclic amines) is 1. The Hall–Kier alpha value is -2.82. The number of piperidine rings is 1. The van der Waals surface area contributed by atoms with Crippen molar-refractivity contribution in [1.29, 1.82) is 0 Å². The number of nitrogens with zero attached hydrogens (tertiary/aromatic N) is 5. The molecule has 1 saturated carbocycles. The average molecular weight is 484 g/mol. The second kappa shape index (κ2) is 9.67. The monoisotopic (exact) mass is 483 g/mol. The Balaban J connectivity index is 1.47. The first-order chi connectivity index (χ1) is 16.8. The highest BCUT2D eigenvalue weighted by atomic mass is 19.1. The van der Waals surface area contributed by atoms with Crippen molar-refractivity contribution in [3.8, 4) is 0 Å². The first-order valence-corrected chi connectivity index (χ1v) is 12.5. The first kappa shape index (κ1) is 23.9. The van der Waals surface area contributed by atoms with Gasteiger partial charge in [0.05, 0.1) is 18.0 Å². The molecule has 35 heavy (non-hydrogen) atoms. The van der Waals surface area contributed by atoms with Crippen LogP contribution in [0.2, 0.25) is 0 Å². The molecule has 0 atom stereocenters. The van der Waals surface area contributed by atoms with Crippen LogP contribution in [0.5, 0.6) is 0 Å². The number of hydrogen-bond acceptors (Lipinski definition) is 8. The molecule has 3 aromatic rings. The summed E-state index contributed by atoms with van der Waals surface area (Å²) in [6.45, 7) is 5.07. The normalized spacial score (nSPS) is 22.4. The molecule has 4 N–H and O–H groups in total. The fourth-order valence-corrected chi connectivity index (χ4v) is 5.15. The summed E-state index contributed by atoms with van der Waals surface area (Å²) in [6, 6.07) is 6.84. The van der Waals surface area contributed by atoms with Gasteiger partial charge in [-0.1, -0.05) is 12.1 Å². The van der Waals surface area contributed by atoms with E-state index in [1.54, 1.807) is 38.2 Å². The molecular formula is C25H34FN7O2. The molecule has 188 valence electrons. The van der Waals surface area contributed by atoms with Crippen molar-refractivity contribution in [1.82, 2.24) is 24.4 Å². The Morgan fingerprint density at radius 3 is 2.43 bits per heavy atom. The van der Waals surface area contributed by atoms with Gasteiger partial charge in [0.15, 0.2) is 5.65 Å². The molecule has 0 amide bonds. The molecule has 0 radical (unpaired) electrons. The summed E-state index contributed by atoms with van der Waals surface area (Å²) < 4.78 is 16.5. The zero-order valence-corrected chi connectivity index (χ0v) is 20.3. The molecule has 1 aliphatic carbocycles.